The molecule has 0 aliphatic carbocycles. The number of nitrogens with zero attached hydrogens (tertiary/aromatic N) is 2. The van der Waals surface area contributed by atoms with E-state index in [9.17, 15) is 4.79 Å². The van der Waals surface area contributed by atoms with Gasteiger partial charge in [0, 0.05) is 19.3 Å². The van der Waals surface area contributed by atoms with Crippen molar-refractivity contribution in [1.29, 1.82) is 0 Å². The molecule has 0 spiro atoms. The highest BCUT2D eigenvalue weighted by Crippen LogP contribution is 2.28. The van der Waals surface area contributed by atoms with Crippen molar-refractivity contribution in [3.63, 3.8) is 0 Å². The molecule has 0 bridgehead atoms. The van der Waals surface area contributed by atoms with E-state index in [0.717, 1.165) is 49.4 Å². The molecule has 136 valence electrons. The van der Waals surface area contributed by atoms with Crippen LogP contribution in [-0.2, 0) is 22.6 Å². The number of pyridine rings is 1. The summed E-state index contributed by atoms with van der Waals surface area (Å²) in [4.78, 5) is 19.1. The number of aromatic nitrogens is 1. The molecule has 26 heavy (non-hydrogen) atoms. The summed E-state index contributed by atoms with van der Waals surface area (Å²) >= 11 is 0. The number of benzene rings is 1. The molecule has 4 rings (SSSR count). The lowest BCUT2D eigenvalue weighted by atomic mass is 9.94. The fraction of sp³-hybridized carbons (Fsp3) is 0.429. The Morgan fingerprint density at radius 2 is 1.96 bits per heavy atom. The number of hydrogen-bond acceptors (Lipinski definition) is 4. The van der Waals surface area contributed by atoms with Crippen molar-refractivity contribution in [2.24, 2.45) is 5.92 Å². The maximum absolute atomic E-state index is 12.8. The minimum Gasteiger partial charge on any atom is -0.492 e. The molecule has 5 heteroatoms. The lowest BCUT2D eigenvalue weighted by Crippen LogP contribution is -2.46. The zero-order valence-corrected chi connectivity index (χ0v) is 14.8. The van der Waals surface area contributed by atoms with E-state index in [0.29, 0.717) is 13.2 Å². The van der Waals surface area contributed by atoms with Crippen LogP contribution in [-0.4, -0.2) is 41.6 Å². The average Bonchev–Trinajstić information content (AvgIpc) is 2.72. The average molecular weight is 352 g/mol. The van der Waals surface area contributed by atoms with Crippen LogP contribution < -0.4 is 4.74 Å². The number of ether oxygens (including phenoxy) is 2. The number of amides is 1. The van der Waals surface area contributed by atoms with Gasteiger partial charge in [-0.05, 0) is 43.0 Å². The predicted molar refractivity (Wildman–Crippen MR) is 97.8 cm³/mol. The van der Waals surface area contributed by atoms with Crippen LogP contribution in [0.4, 0.5) is 0 Å². The Hall–Kier alpha value is -2.40. The molecule has 1 amide bonds. The van der Waals surface area contributed by atoms with Gasteiger partial charge in [0.15, 0.2) is 0 Å². The van der Waals surface area contributed by atoms with E-state index in [1.54, 1.807) is 6.20 Å². The van der Waals surface area contributed by atoms with Crippen LogP contribution in [0, 0.1) is 5.92 Å². The van der Waals surface area contributed by atoms with Crippen LogP contribution in [0.5, 0.6) is 5.75 Å². The fourth-order valence-corrected chi connectivity index (χ4v) is 3.67. The van der Waals surface area contributed by atoms with Gasteiger partial charge in [-0.1, -0.05) is 24.3 Å². The van der Waals surface area contributed by atoms with Gasteiger partial charge >= 0.3 is 0 Å². The lowest BCUT2D eigenvalue weighted by Gasteiger charge is -2.35. The summed E-state index contributed by atoms with van der Waals surface area (Å²) in [7, 11) is 0. The number of hydrogen-bond donors (Lipinski definition) is 0. The first-order valence-corrected chi connectivity index (χ1v) is 9.30. The Kier molecular flexibility index (Phi) is 5.16. The number of fused-ring (bicyclic) bond motifs is 1. The number of rotatable bonds is 4. The Bertz CT molecular complexity index is 742. The molecule has 2 aliphatic heterocycles. The van der Waals surface area contributed by atoms with E-state index in [2.05, 4.69) is 4.98 Å². The van der Waals surface area contributed by atoms with Crippen molar-refractivity contribution in [2.75, 3.05) is 19.7 Å². The smallest absolute Gasteiger partial charge is 0.229 e. The molecular formula is C21H24N2O3. The van der Waals surface area contributed by atoms with Crippen molar-refractivity contribution in [2.45, 2.75) is 32.0 Å². The van der Waals surface area contributed by atoms with E-state index in [-0.39, 0.29) is 17.9 Å². The van der Waals surface area contributed by atoms with Gasteiger partial charge in [-0.2, -0.15) is 0 Å². The standard InChI is InChI=1S/C21H24N2O3/c24-21(17-13-16-5-1-2-7-20(16)26-14-17)23-11-8-19(9-12-23)25-15-18-6-3-4-10-22-18/h1-7,10,17,19H,8-9,11-15H2/t17-/m0/s1. The zero-order chi connectivity index (χ0) is 17.8. The molecule has 5 nitrogen and oxygen atoms in total. The first kappa shape index (κ1) is 17.0. The van der Waals surface area contributed by atoms with Gasteiger partial charge in [-0.15, -0.1) is 0 Å². The maximum atomic E-state index is 12.8. The summed E-state index contributed by atoms with van der Waals surface area (Å²) in [6, 6.07) is 13.8. The number of carbonyl (C=O) groups excluding carboxylic acids is 1. The van der Waals surface area contributed by atoms with E-state index in [1.165, 1.54) is 0 Å². The van der Waals surface area contributed by atoms with Crippen LogP contribution in [0.2, 0.25) is 0 Å². The van der Waals surface area contributed by atoms with Crippen LogP contribution >= 0.6 is 0 Å². The summed E-state index contributed by atoms with van der Waals surface area (Å²) in [5, 5.41) is 0. The molecule has 1 aromatic carbocycles. The molecule has 1 fully saturated rings. The molecule has 2 aromatic rings. The lowest BCUT2D eigenvalue weighted by molar-refractivity contribution is -0.139. The first-order chi connectivity index (χ1) is 12.8. The van der Waals surface area contributed by atoms with Crippen LogP contribution in [0.25, 0.3) is 0 Å². The largest absolute Gasteiger partial charge is 0.492 e. The summed E-state index contributed by atoms with van der Waals surface area (Å²) in [6.07, 6.45) is 4.51. The number of likely N-dealkylation sites (tertiary alicyclic amines) is 1. The highest BCUT2D eigenvalue weighted by Gasteiger charge is 2.31. The summed E-state index contributed by atoms with van der Waals surface area (Å²) < 4.78 is 11.7. The third-order valence-corrected chi connectivity index (χ3v) is 5.17. The van der Waals surface area contributed by atoms with E-state index < -0.39 is 0 Å². The highest BCUT2D eigenvalue weighted by molar-refractivity contribution is 5.80. The molecule has 1 atom stereocenters. The topological polar surface area (TPSA) is 51.7 Å². The van der Waals surface area contributed by atoms with Gasteiger partial charge in [0.25, 0.3) is 0 Å². The fourth-order valence-electron chi connectivity index (χ4n) is 3.67. The minimum absolute atomic E-state index is 0.0733. The van der Waals surface area contributed by atoms with E-state index in [1.807, 2.05) is 47.4 Å². The number of piperidine rings is 1. The van der Waals surface area contributed by atoms with Gasteiger partial charge in [0.05, 0.1) is 24.3 Å². The van der Waals surface area contributed by atoms with Crippen molar-refractivity contribution in [3.05, 3.63) is 59.9 Å². The second-order valence-corrected chi connectivity index (χ2v) is 6.98. The van der Waals surface area contributed by atoms with Crippen molar-refractivity contribution >= 4 is 5.91 Å². The molecule has 0 saturated carbocycles. The molecule has 0 unspecified atom stereocenters. The minimum atomic E-state index is -0.0733. The Balaban J connectivity index is 1.26. The first-order valence-electron chi connectivity index (χ1n) is 9.30. The third-order valence-electron chi connectivity index (χ3n) is 5.17. The van der Waals surface area contributed by atoms with Gasteiger partial charge in [-0.25, -0.2) is 0 Å². The Morgan fingerprint density at radius 1 is 1.15 bits per heavy atom. The van der Waals surface area contributed by atoms with Gasteiger partial charge in [-0.3, -0.25) is 9.78 Å². The van der Waals surface area contributed by atoms with E-state index >= 15 is 0 Å². The number of para-hydroxylation sites is 1. The van der Waals surface area contributed by atoms with Gasteiger partial charge in [0.2, 0.25) is 5.91 Å². The van der Waals surface area contributed by atoms with E-state index in [4.69, 9.17) is 9.47 Å². The van der Waals surface area contributed by atoms with Gasteiger partial charge in [0.1, 0.15) is 12.4 Å². The maximum Gasteiger partial charge on any atom is 0.229 e. The predicted octanol–water partition coefficient (Wildman–Crippen LogP) is 2.84. The summed E-state index contributed by atoms with van der Waals surface area (Å²) in [5.74, 6) is 1.05. The van der Waals surface area contributed by atoms with Gasteiger partial charge < -0.3 is 14.4 Å². The van der Waals surface area contributed by atoms with Crippen LogP contribution in [0.3, 0.4) is 0 Å². The molecule has 0 N–H and O–H groups in total. The molecule has 2 aliphatic rings. The molecule has 0 radical (unpaired) electrons. The molecular weight excluding hydrogens is 328 g/mol. The SMILES string of the molecule is O=C([C@@H]1COc2ccccc2C1)N1CCC(OCc2ccccn2)CC1. The van der Waals surface area contributed by atoms with Crippen molar-refractivity contribution in [3.8, 4) is 5.75 Å². The summed E-state index contributed by atoms with van der Waals surface area (Å²) in [6.45, 7) is 2.52. The van der Waals surface area contributed by atoms with Crippen molar-refractivity contribution < 1.29 is 14.3 Å². The molecule has 1 aromatic heterocycles. The summed E-state index contributed by atoms with van der Waals surface area (Å²) in [5.41, 5.74) is 2.08. The van der Waals surface area contributed by atoms with Crippen LogP contribution in [0.1, 0.15) is 24.1 Å². The Labute approximate surface area is 153 Å². The third kappa shape index (κ3) is 3.88. The van der Waals surface area contributed by atoms with Crippen LogP contribution in [0.15, 0.2) is 48.7 Å². The Morgan fingerprint density at radius 3 is 2.77 bits per heavy atom. The zero-order valence-electron chi connectivity index (χ0n) is 14.8. The number of carbonyl (C=O) groups is 1. The normalized spacial score (nSPS) is 20.3. The van der Waals surface area contributed by atoms with Crippen molar-refractivity contribution in [1.82, 2.24) is 9.88 Å². The monoisotopic (exact) mass is 352 g/mol. The second kappa shape index (κ2) is 7.87. The highest BCUT2D eigenvalue weighted by atomic mass is 16.5. The quantitative estimate of drug-likeness (QED) is 0.849. The second-order valence-electron chi connectivity index (χ2n) is 6.98. The molecule has 3 heterocycles. The molecule has 1 saturated heterocycles.